The van der Waals surface area contributed by atoms with Crippen molar-refractivity contribution in [3.63, 3.8) is 0 Å². The minimum atomic E-state index is -0.295. The lowest BCUT2D eigenvalue weighted by Crippen LogP contribution is -2.57. The molecule has 9 heavy (non-hydrogen) atoms. The van der Waals surface area contributed by atoms with Crippen molar-refractivity contribution in [2.75, 3.05) is 0 Å². The van der Waals surface area contributed by atoms with Gasteiger partial charge < -0.3 is 5.73 Å². The van der Waals surface area contributed by atoms with Crippen LogP contribution in [-0.2, 0) is 0 Å². The van der Waals surface area contributed by atoms with Gasteiger partial charge in [-0.15, -0.1) is 11.6 Å². The molecule has 3 nitrogen and oxygen atoms in total. The first-order valence-electron chi connectivity index (χ1n) is 2.74. The van der Waals surface area contributed by atoms with Crippen LogP contribution in [0.15, 0.2) is 0 Å². The van der Waals surface area contributed by atoms with E-state index in [-0.39, 0.29) is 17.3 Å². The number of hydrogen-bond donors (Lipinski definition) is 3. The molecular formula is C4H9Cl2N3. The van der Waals surface area contributed by atoms with Gasteiger partial charge in [-0.05, 0) is 0 Å². The molecule has 1 aliphatic heterocycles. The molecular weight excluding hydrogens is 161 g/mol. The number of nitrogens with one attached hydrogen (secondary N) is 2. The predicted molar refractivity (Wildman–Crippen MR) is 38.1 cm³/mol. The molecule has 0 aromatic carbocycles. The zero-order valence-corrected chi connectivity index (χ0v) is 6.28. The molecule has 0 bridgehead atoms. The van der Waals surface area contributed by atoms with Crippen molar-refractivity contribution in [2.24, 2.45) is 5.73 Å². The fourth-order valence-electron chi connectivity index (χ4n) is 0.754. The molecule has 0 radical (unpaired) electrons. The molecule has 1 aliphatic rings. The van der Waals surface area contributed by atoms with Gasteiger partial charge >= 0.3 is 0 Å². The van der Waals surface area contributed by atoms with Crippen LogP contribution in [0, 0.1) is 0 Å². The smallest absolute Gasteiger partial charge is 0.137 e. The van der Waals surface area contributed by atoms with Crippen molar-refractivity contribution in [1.82, 2.24) is 10.6 Å². The van der Waals surface area contributed by atoms with Gasteiger partial charge in [0, 0.05) is 6.42 Å². The maximum absolute atomic E-state index is 5.69. The highest BCUT2D eigenvalue weighted by atomic mass is 35.5. The van der Waals surface area contributed by atoms with Gasteiger partial charge in [0.1, 0.15) is 5.62 Å². The Balaban J connectivity index is 2.34. The van der Waals surface area contributed by atoms with E-state index in [1.54, 1.807) is 0 Å². The van der Waals surface area contributed by atoms with Crippen LogP contribution >= 0.6 is 23.2 Å². The molecule has 0 aliphatic carbocycles. The molecule has 0 aromatic heterocycles. The molecule has 1 heterocycles. The van der Waals surface area contributed by atoms with Crippen molar-refractivity contribution in [3.05, 3.63) is 0 Å². The summed E-state index contributed by atoms with van der Waals surface area (Å²) in [5.41, 5.74) is 5.09. The number of rotatable bonds is 0. The molecule has 1 rings (SSSR count). The number of halogens is 2. The van der Waals surface area contributed by atoms with Gasteiger partial charge in [0.2, 0.25) is 0 Å². The summed E-state index contributed by atoms with van der Waals surface area (Å²) in [7, 11) is 0. The van der Waals surface area contributed by atoms with Gasteiger partial charge in [-0.1, -0.05) is 11.6 Å². The molecule has 0 aromatic rings. The zero-order chi connectivity index (χ0) is 6.85. The highest BCUT2D eigenvalue weighted by Crippen LogP contribution is 2.07. The third kappa shape index (κ3) is 2.27. The SMILES string of the molecule is NC1CC(Cl)NC(Cl)N1. The molecule has 54 valence electrons. The lowest BCUT2D eigenvalue weighted by atomic mass is 10.3. The molecule has 1 fully saturated rings. The molecule has 0 saturated carbocycles. The van der Waals surface area contributed by atoms with E-state index in [0.29, 0.717) is 6.42 Å². The van der Waals surface area contributed by atoms with Gasteiger partial charge in [-0.2, -0.15) is 0 Å². The minimum absolute atomic E-state index is 0.0868. The van der Waals surface area contributed by atoms with Crippen molar-refractivity contribution in [1.29, 1.82) is 0 Å². The summed E-state index contributed by atoms with van der Waals surface area (Å²) in [5.74, 6) is 0. The first-order valence-corrected chi connectivity index (χ1v) is 3.61. The van der Waals surface area contributed by atoms with Crippen LogP contribution in [0.2, 0.25) is 0 Å². The summed E-state index contributed by atoms with van der Waals surface area (Å²) in [6.07, 6.45) is 0.612. The van der Waals surface area contributed by atoms with Crippen LogP contribution in [0.3, 0.4) is 0 Å². The van der Waals surface area contributed by atoms with E-state index in [9.17, 15) is 0 Å². The van der Waals surface area contributed by atoms with Crippen molar-refractivity contribution < 1.29 is 0 Å². The lowest BCUT2D eigenvalue weighted by Gasteiger charge is -2.28. The minimum Gasteiger partial charge on any atom is -0.316 e. The summed E-state index contributed by atoms with van der Waals surface area (Å²) in [6, 6.07) is 0. The Hall–Kier alpha value is 0.460. The maximum atomic E-state index is 5.69. The van der Waals surface area contributed by atoms with Gasteiger partial charge in [0.05, 0.1) is 11.7 Å². The number of alkyl halides is 2. The van der Waals surface area contributed by atoms with E-state index in [1.807, 2.05) is 0 Å². The van der Waals surface area contributed by atoms with Crippen LogP contribution in [0.25, 0.3) is 0 Å². The van der Waals surface area contributed by atoms with E-state index in [0.717, 1.165) is 0 Å². The summed E-state index contributed by atoms with van der Waals surface area (Å²) < 4.78 is 0. The van der Waals surface area contributed by atoms with Gasteiger partial charge in [0.25, 0.3) is 0 Å². The third-order valence-corrected chi connectivity index (χ3v) is 1.70. The third-order valence-electron chi connectivity index (χ3n) is 1.15. The van der Waals surface area contributed by atoms with Crippen LogP contribution in [0.4, 0.5) is 0 Å². The summed E-state index contributed by atoms with van der Waals surface area (Å²) in [5, 5.41) is 5.71. The summed E-state index contributed by atoms with van der Waals surface area (Å²) in [6.45, 7) is 0. The Morgan fingerprint density at radius 2 is 2.00 bits per heavy atom. The van der Waals surface area contributed by atoms with Gasteiger partial charge in [-0.25, -0.2) is 0 Å². The van der Waals surface area contributed by atoms with E-state index in [2.05, 4.69) is 10.6 Å². The second-order valence-corrected chi connectivity index (χ2v) is 2.97. The van der Waals surface area contributed by atoms with Crippen LogP contribution in [0.5, 0.6) is 0 Å². The van der Waals surface area contributed by atoms with Crippen molar-refractivity contribution in [3.8, 4) is 0 Å². The van der Waals surface area contributed by atoms with Crippen LogP contribution in [-0.4, -0.2) is 17.3 Å². The van der Waals surface area contributed by atoms with E-state index < -0.39 is 0 Å². The normalized spacial score (nSPS) is 45.0. The van der Waals surface area contributed by atoms with Gasteiger partial charge in [-0.3, -0.25) is 10.6 Å². The average molecular weight is 170 g/mol. The standard InChI is InChI=1S/C4H9Cl2N3/c5-2-1-3(7)9-4(6)8-2/h2-4,8-9H,1,7H2. The van der Waals surface area contributed by atoms with Crippen LogP contribution in [0.1, 0.15) is 6.42 Å². The first kappa shape index (κ1) is 7.57. The summed E-state index contributed by atoms with van der Waals surface area (Å²) in [4.78, 5) is 0. The molecule has 0 amide bonds. The van der Waals surface area contributed by atoms with Crippen LogP contribution < -0.4 is 16.4 Å². The van der Waals surface area contributed by atoms with E-state index >= 15 is 0 Å². The number of nitrogens with two attached hydrogens (primary N) is 1. The Morgan fingerprint density at radius 3 is 2.44 bits per heavy atom. The second kappa shape index (κ2) is 3.03. The highest BCUT2D eigenvalue weighted by Gasteiger charge is 2.21. The largest absolute Gasteiger partial charge is 0.316 e. The quantitative estimate of drug-likeness (QED) is 0.352. The highest BCUT2D eigenvalue weighted by molar-refractivity contribution is 6.23. The Labute approximate surface area is 63.9 Å². The van der Waals surface area contributed by atoms with Crippen molar-refractivity contribution >= 4 is 23.2 Å². The fourth-order valence-corrected chi connectivity index (χ4v) is 1.45. The fraction of sp³-hybridized carbons (Fsp3) is 1.00. The predicted octanol–water partition coefficient (Wildman–Crippen LogP) is -0.0586. The Bertz CT molecular complexity index is 74.8. The monoisotopic (exact) mass is 169 g/mol. The lowest BCUT2D eigenvalue weighted by molar-refractivity contribution is 0.347. The number of hydrogen-bond acceptors (Lipinski definition) is 3. The topological polar surface area (TPSA) is 50.1 Å². The molecule has 5 heteroatoms. The Kier molecular flexibility index (Phi) is 2.55. The average Bonchev–Trinajstić information content (AvgIpc) is 1.59. The first-order chi connectivity index (χ1) is 4.18. The Morgan fingerprint density at radius 1 is 1.33 bits per heavy atom. The van der Waals surface area contributed by atoms with E-state index in [4.69, 9.17) is 28.9 Å². The second-order valence-electron chi connectivity index (χ2n) is 2.01. The molecule has 3 unspecified atom stereocenters. The summed E-state index contributed by atoms with van der Waals surface area (Å²) >= 11 is 11.3. The maximum Gasteiger partial charge on any atom is 0.137 e. The molecule has 1 saturated heterocycles. The van der Waals surface area contributed by atoms with Crippen molar-refractivity contribution in [2.45, 2.75) is 23.7 Å². The zero-order valence-electron chi connectivity index (χ0n) is 4.77. The van der Waals surface area contributed by atoms with E-state index in [1.165, 1.54) is 0 Å². The molecule has 0 spiro atoms. The molecule has 4 N–H and O–H groups in total. The molecule has 3 atom stereocenters. The van der Waals surface area contributed by atoms with Gasteiger partial charge in [0.15, 0.2) is 0 Å².